The first-order chi connectivity index (χ1) is 7.78. The maximum atomic E-state index is 6.68. The Morgan fingerprint density at radius 3 is 2.12 bits per heavy atom. The van der Waals surface area contributed by atoms with E-state index in [0.29, 0.717) is 11.5 Å². The summed E-state index contributed by atoms with van der Waals surface area (Å²) in [6, 6.07) is 0.573. The fourth-order valence-corrected chi connectivity index (χ4v) is 6.25. The van der Waals surface area contributed by atoms with E-state index in [9.17, 15) is 0 Å². The molecule has 5 saturated carbocycles. The summed E-state index contributed by atoms with van der Waals surface area (Å²) in [5, 5.41) is 0. The van der Waals surface area contributed by atoms with Crippen LogP contribution < -0.4 is 5.73 Å². The molecule has 5 rings (SSSR count). The molecule has 3 atom stereocenters. The van der Waals surface area contributed by atoms with Crippen molar-refractivity contribution in [2.75, 3.05) is 0 Å². The maximum Gasteiger partial charge on any atom is 0.0127 e. The van der Waals surface area contributed by atoms with Gasteiger partial charge in [0.15, 0.2) is 0 Å². The monoisotopic (exact) mass is 219 g/mol. The Morgan fingerprint density at radius 2 is 1.50 bits per heavy atom. The number of hydrogen-bond donors (Lipinski definition) is 1. The highest BCUT2D eigenvalue weighted by Gasteiger charge is 2.58. The van der Waals surface area contributed by atoms with Crippen molar-refractivity contribution < 1.29 is 0 Å². The van der Waals surface area contributed by atoms with E-state index in [2.05, 4.69) is 0 Å². The molecular weight excluding hydrogens is 194 g/mol. The Labute approximate surface area is 99.2 Å². The summed E-state index contributed by atoms with van der Waals surface area (Å²) >= 11 is 0. The van der Waals surface area contributed by atoms with E-state index >= 15 is 0 Å². The van der Waals surface area contributed by atoms with Gasteiger partial charge in [0.05, 0.1) is 0 Å². The number of hydrogen-bond acceptors (Lipinski definition) is 1. The number of nitrogens with two attached hydrogens (primary N) is 1. The zero-order valence-electron chi connectivity index (χ0n) is 10.3. The Morgan fingerprint density at radius 1 is 0.875 bits per heavy atom. The van der Waals surface area contributed by atoms with Crippen molar-refractivity contribution in [1.82, 2.24) is 0 Å². The van der Waals surface area contributed by atoms with E-state index in [1.807, 2.05) is 0 Å². The minimum atomic E-state index is 0.573. The Hall–Kier alpha value is -0.0400. The van der Waals surface area contributed by atoms with Gasteiger partial charge in [0.1, 0.15) is 0 Å². The van der Waals surface area contributed by atoms with Gasteiger partial charge < -0.3 is 5.73 Å². The molecule has 0 aliphatic heterocycles. The Balaban J connectivity index is 1.70. The highest BCUT2D eigenvalue weighted by molar-refractivity contribution is 5.10. The molecule has 0 aromatic carbocycles. The van der Waals surface area contributed by atoms with Crippen LogP contribution in [0.1, 0.15) is 57.8 Å². The molecule has 3 unspecified atom stereocenters. The van der Waals surface area contributed by atoms with Gasteiger partial charge in [-0.3, -0.25) is 0 Å². The van der Waals surface area contributed by atoms with Gasteiger partial charge in [0, 0.05) is 6.04 Å². The summed E-state index contributed by atoms with van der Waals surface area (Å²) in [5.74, 6) is 4.05. The minimum Gasteiger partial charge on any atom is -0.327 e. The summed E-state index contributed by atoms with van der Waals surface area (Å²) in [4.78, 5) is 0. The molecule has 0 saturated heterocycles. The van der Waals surface area contributed by atoms with Crippen LogP contribution in [0, 0.1) is 29.1 Å². The van der Waals surface area contributed by atoms with Crippen molar-refractivity contribution in [3.8, 4) is 0 Å². The van der Waals surface area contributed by atoms with E-state index in [1.165, 1.54) is 51.4 Å². The van der Waals surface area contributed by atoms with Crippen molar-refractivity contribution in [2.45, 2.75) is 63.8 Å². The Bertz CT molecular complexity index is 274. The van der Waals surface area contributed by atoms with Gasteiger partial charge in [-0.2, -0.15) is 0 Å². The molecule has 0 amide bonds. The predicted molar refractivity (Wildman–Crippen MR) is 65.9 cm³/mol. The lowest BCUT2D eigenvalue weighted by molar-refractivity contribution is -0.104. The molecule has 5 aliphatic carbocycles. The standard InChI is InChI=1S/C15H25N/c16-14-12-6-10-5-11(7-12)9-15(14,8-10)13-3-1-2-4-13/h10-14H,1-9,16H2. The average Bonchev–Trinajstić information content (AvgIpc) is 2.78. The first-order valence-corrected chi connectivity index (χ1v) is 7.53. The molecule has 4 bridgehead atoms. The van der Waals surface area contributed by atoms with Crippen LogP contribution in [-0.4, -0.2) is 6.04 Å². The van der Waals surface area contributed by atoms with Gasteiger partial charge in [0.25, 0.3) is 0 Å². The van der Waals surface area contributed by atoms with Crippen molar-refractivity contribution in [3.05, 3.63) is 0 Å². The highest BCUT2D eigenvalue weighted by Crippen LogP contribution is 2.64. The maximum absolute atomic E-state index is 6.68. The predicted octanol–water partition coefficient (Wildman–Crippen LogP) is 3.33. The molecule has 0 heterocycles. The zero-order valence-corrected chi connectivity index (χ0v) is 10.3. The fourth-order valence-electron chi connectivity index (χ4n) is 6.25. The Kier molecular flexibility index (Phi) is 2.02. The van der Waals surface area contributed by atoms with Crippen LogP contribution in [0.25, 0.3) is 0 Å². The van der Waals surface area contributed by atoms with E-state index in [0.717, 1.165) is 23.7 Å². The summed E-state index contributed by atoms with van der Waals surface area (Å²) < 4.78 is 0. The third-order valence-electron chi connectivity index (χ3n) is 6.62. The van der Waals surface area contributed by atoms with Gasteiger partial charge in [-0.05, 0) is 74.0 Å². The minimum absolute atomic E-state index is 0.573. The van der Waals surface area contributed by atoms with E-state index in [4.69, 9.17) is 5.73 Å². The second kappa shape index (κ2) is 3.25. The molecule has 5 fully saturated rings. The SMILES string of the molecule is NC1C2CC3CC(C2)CC1(C1CCCC1)C3. The van der Waals surface area contributed by atoms with E-state index in [1.54, 1.807) is 6.42 Å². The molecule has 16 heavy (non-hydrogen) atoms. The summed E-state index contributed by atoms with van der Waals surface area (Å²) in [5.41, 5.74) is 7.30. The van der Waals surface area contributed by atoms with Crippen molar-refractivity contribution in [1.29, 1.82) is 0 Å². The van der Waals surface area contributed by atoms with Crippen LogP contribution >= 0.6 is 0 Å². The van der Waals surface area contributed by atoms with E-state index < -0.39 is 0 Å². The normalized spacial score (nSPS) is 56.1. The van der Waals surface area contributed by atoms with Crippen molar-refractivity contribution >= 4 is 0 Å². The number of rotatable bonds is 1. The van der Waals surface area contributed by atoms with Crippen LogP contribution in [-0.2, 0) is 0 Å². The molecule has 1 nitrogen and oxygen atoms in total. The molecule has 5 aliphatic rings. The molecule has 0 aromatic rings. The summed E-state index contributed by atoms with van der Waals surface area (Å²) in [7, 11) is 0. The van der Waals surface area contributed by atoms with Gasteiger partial charge in [0.2, 0.25) is 0 Å². The smallest absolute Gasteiger partial charge is 0.0127 e. The van der Waals surface area contributed by atoms with Crippen molar-refractivity contribution in [3.63, 3.8) is 0 Å². The van der Waals surface area contributed by atoms with Crippen LogP contribution in [0.4, 0.5) is 0 Å². The lowest BCUT2D eigenvalue weighted by Crippen LogP contribution is -2.62. The quantitative estimate of drug-likeness (QED) is 0.719. The van der Waals surface area contributed by atoms with Crippen LogP contribution in [0.3, 0.4) is 0 Å². The largest absolute Gasteiger partial charge is 0.327 e. The molecule has 1 heteroatoms. The third kappa shape index (κ3) is 1.16. The fraction of sp³-hybridized carbons (Fsp3) is 1.00. The van der Waals surface area contributed by atoms with Gasteiger partial charge in [-0.25, -0.2) is 0 Å². The zero-order chi connectivity index (χ0) is 10.8. The molecule has 2 N–H and O–H groups in total. The lowest BCUT2D eigenvalue weighted by atomic mass is 9.44. The second-order valence-corrected chi connectivity index (χ2v) is 7.35. The summed E-state index contributed by atoms with van der Waals surface area (Å²) in [6.07, 6.45) is 13.5. The molecule has 0 aromatic heterocycles. The average molecular weight is 219 g/mol. The molecule has 0 spiro atoms. The lowest BCUT2D eigenvalue weighted by Gasteiger charge is -2.62. The molecule has 90 valence electrons. The van der Waals surface area contributed by atoms with Gasteiger partial charge in [-0.1, -0.05) is 12.8 Å². The topological polar surface area (TPSA) is 26.0 Å². The summed E-state index contributed by atoms with van der Waals surface area (Å²) in [6.45, 7) is 0. The first-order valence-electron chi connectivity index (χ1n) is 7.53. The molecular formula is C15H25N. The third-order valence-corrected chi connectivity index (χ3v) is 6.62. The second-order valence-electron chi connectivity index (χ2n) is 7.35. The molecule has 0 radical (unpaired) electrons. The van der Waals surface area contributed by atoms with E-state index in [-0.39, 0.29) is 0 Å². The van der Waals surface area contributed by atoms with Crippen LogP contribution in [0.15, 0.2) is 0 Å². The van der Waals surface area contributed by atoms with Crippen molar-refractivity contribution in [2.24, 2.45) is 34.8 Å². The van der Waals surface area contributed by atoms with Crippen LogP contribution in [0.5, 0.6) is 0 Å². The highest BCUT2D eigenvalue weighted by atomic mass is 14.8. The van der Waals surface area contributed by atoms with Gasteiger partial charge in [-0.15, -0.1) is 0 Å². The first kappa shape index (κ1) is 9.94. The van der Waals surface area contributed by atoms with Crippen LogP contribution in [0.2, 0.25) is 0 Å². The van der Waals surface area contributed by atoms with Gasteiger partial charge >= 0.3 is 0 Å².